The molecule has 7 heteroatoms. The summed E-state index contributed by atoms with van der Waals surface area (Å²) in [4.78, 5) is 25.7. The number of hydrogen-bond donors (Lipinski definition) is 1. The highest BCUT2D eigenvalue weighted by molar-refractivity contribution is 7.99. The number of thioether (sulfide) groups is 1. The van der Waals surface area contributed by atoms with Crippen LogP contribution in [0.4, 0.5) is 5.82 Å². The summed E-state index contributed by atoms with van der Waals surface area (Å²) in [5.74, 6) is 1.81. The molecule has 3 rings (SSSR count). The average molecular weight is 325 g/mol. The molecule has 2 heterocycles. The van der Waals surface area contributed by atoms with Crippen LogP contribution in [0.15, 0.2) is 60.3 Å². The zero-order valence-electron chi connectivity index (χ0n) is 12.5. The first-order valence-electron chi connectivity index (χ1n) is 7.11. The summed E-state index contributed by atoms with van der Waals surface area (Å²) in [7, 11) is 0. The number of imidazole rings is 1. The van der Waals surface area contributed by atoms with E-state index in [2.05, 4.69) is 27.2 Å². The van der Waals surface area contributed by atoms with Gasteiger partial charge in [0.2, 0.25) is 0 Å². The maximum atomic E-state index is 12.5. The van der Waals surface area contributed by atoms with Crippen LogP contribution >= 0.6 is 11.8 Å². The second-order valence-corrected chi connectivity index (χ2v) is 5.92. The molecule has 0 saturated carbocycles. The molecule has 1 aromatic carbocycles. The van der Waals surface area contributed by atoms with Gasteiger partial charge in [0.1, 0.15) is 24.3 Å². The van der Waals surface area contributed by atoms with E-state index in [4.69, 9.17) is 0 Å². The van der Waals surface area contributed by atoms with Crippen LogP contribution in [0.3, 0.4) is 0 Å². The number of benzene rings is 1. The van der Waals surface area contributed by atoms with Crippen molar-refractivity contribution in [2.45, 2.75) is 11.8 Å². The Morgan fingerprint density at radius 1 is 1.30 bits per heavy atom. The van der Waals surface area contributed by atoms with Crippen LogP contribution in [0.5, 0.6) is 0 Å². The van der Waals surface area contributed by atoms with Crippen LogP contribution < -0.4 is 5.32 Å². The van der Waals surface area contributed by atoms with Gasteiger partial charge in [-0.15, -0.1) is 11.8 Å². The minimum Gasteiger partial charge on any atom is -0.306 e. The smallest absolute Gasteiger partial charge is 0.257 e. The van der Waals surface area contributed by atoms with Gasteiger partial charge in [0, 0.05) is 23.4 Å². The van der Waals surface area contributed by atoms with E-state index in [1.165, 1.54) is 6.33 Å². The highest BCUT2D eigenvalue weighted by Crippen LogP contribution is 2.23. The van der Waals surface area contributed by atoms with E-state index in [0.29, 0.717) is 17.2 Å². The highest BCUT2D eigenvalue weighted by atomic mass is 32.2. The topological polar surface area (TPSA) is 72.7 Å². The van der Waals surface area contributed by atoms with E-state index in [9.17, 15) is 4.79 Å². The molecule has 23 heavy (non-hydrogen) atoms. The number of nitrogens with one attached hydrogen (secondary N) is 1. The Kier molecular flexibility index (Phi) is 4.68. The van der Waals surface area contributed by atoms with Gasteiger partial charge < -0.3 is 5.32 Å². The van der Waals surface area contributed by atoms with Crippen molar-refractivity contribution in [1.82, 2.24) is 19.5 Å². The summed E-state index contributed by atoms with van der Waals surface area (Å²) in [5.41, 5.74) is 0.641. The van der Waals surface area contributed by atoms with Crippen molar-refractivity contribution < 1.29 is 4.79 Å². The van der Waals surface area contributed by atoms with E-state index in [1.807, 2.05) is 24.3 Å². The van der Waals surface area contributed by atoms with Crippen molar-refractivity contribution in [2.24, 2.45) is 0 Å². The van der Waals surface area contributed by atoms with Crippen LogP contribution in [-0.2, 0) is 0 Å². The van der Waals surface area contributed by atoms with Crippen molar-refractivity contribution in [3.05, 3.63) is 60.9 Å². The van der Waals surface area contributed by atoms with Crippen LogP contribution in [0.1, 0.15) is 17.3 Å². The third-order valence-electron chi connectivity index (χ3n) is 3.09. The third-order valence-corrected chi connectivity index (χ3v) is 4.05. The summed E-state index contributed by atoms with van der Waals surface area (Å²) in [5, 5.41) is 2.82. The van der Waals surface area contributed by atoms with Crippen LogP contribution in [0.2, 0.25) is 0 Å². The predicted molar refractivity (Wildman–Crippen MR) is 89.9 cm³/mol. The predicted octanol–water partition coefficient (Wildman–Crippen LogP) is 3.03. The Bertz CT molecular complexity index is 804. The van der Waals surface area contributed by atoms with Gasteiger partial charge in [-0.3, -0.25) is 9.36 Å². The SMILES string of the molecule is CCSc1ccccc1C(=O)Nc1cc(-n2ccnc2)ncn1. The molecular formula is C16H15N5OS. The summed E-state index contributed by atoms with van der Waals surface area (Å²) in [6.45, 7) is 2.06. The molecule has 0 aliphatic heterocycles. The minimum atomic E-state index is -0.183. The van der Waals surface area contributed by atoms with E-state index < -0.39 is 0 Å². The maximum Gasteiger partial charge on any atom is 0.257 e. The zero-order valence-corrected chi connectivity index (χ0v) is 13.3. The summed E-state index contributed by atoms with van der Waals surface area (Å²) in [6, 6.07) is 9.24. The van der Waals surface area contributed by atoms with E-state index in [-0.39, 0.29) is 5.91 Å². The van der Waals surface area contributed by atoms with E-state index >= 15 is 0 Å². The Hall–Kier alpha value is -2.67. The molecule has 1 N–H and O–H groups in total. The quantitative estimate of drug-likeness (QED) is 0.730. The molecule has 0 bridgehead atoms. The summed E-state index contributed by atoms with van der Waals surface area (Å²) in [6.07, 6.45) is 6.50. The van der Waals surface area contributed by atoms with Crippen molar-refractivity contribution in [2.75, 3.05) is 11.1 Å². The average Bonchev–Trinajstić information content (AvgIpc) is 3.10. The number of carbonyl (C=O) groups is 1. The molecule has 3 aromatic rings. The molecule has 0 aliphatic carbocycles. The Morgan fingerprint density at radius 3 is 2.96 bits per heavy atom. The molecule has 116 valence electrons. The van der Waals surface area contributed by atoms with Crippen molar-refractivity contribution in [3.63, 3.8) is 0 Å². The lowest BCUT2D eigenvalue weighted by molar-refractivity contribution is 0.102. The third kappa shape index (κ3) is 3.57. The highest BCUT2D eigenvalue weighted by Gasteiger charge is 2.12. The fourth-order valence-corrected chi connectivity index (χ4v) is 2.87. The fraction of sp³-hybridized carbons (Fsp3) is 0.125. The van der Waals surface area contributed by atoms with Crippen molar-refractivity contribution >= 4 is 23.5 Å². The number of anilines is 1. The second kappa shape index (κ2) is 7.06. The molecular weight excluding hydrogens is 310 g/mol. The van der Waals surface area contributed by atoms with E-state index in [1.54, 1.807) is 41.1 Å². The summed E-state index contributed by atoms with van der Waals surface area (Å²) >= 11 is 1.64. The summed E-state index contributed by atoms with van der Waals surface area (Å²) < 4.78 is 1.75. The lowest BCUT2D eigenvalue weighted by Gasteiger charge is -2.09. The van der Waals surface area contributed by atoms with Gasteiger partial charge >= 0.3 is 0 Å². The molecule has 0 radical (unpaired) electrons. The standard InChI is InChI=1S/C16H15N5OS/c1-2-23-13-6-4-3-5-12(13)16(22)20-14-9-15(19-10-18-14)21-8-7-17-11-21/h3-11H,2H2,1H3,(H,18,19,20,22). The Morgan fingerprint density at radius 2 is 2.17 bits per heavy atom. The van der Waals surface area contributed by atoms with Gasteiger partial charge in [-0.05, 0) is 17.9 Å². The molecule has 0 aliphatic rings. The fourth-order valence-electron chi connectivity index (χ4n) is 2.07. The largest absolute Gasteiger partial charge is 0.306 e. The van der Waals surface area contributed by atoms with Gasteiger partial charge in [0.05, 0.1) is 5.56 Å². The number of hydrogen-bond acceptors (Lipinski definition) is 5. The van der Waals surface area contributed by atoms with Crippen LogP contribution in [0, 0.1) is 0 Å². The molecule has 0 fully saturated rings. The van der Waals surface area contributed by atoms with Crippen LogP contribution in [-0.4, -0.2) is 31.2 Å². The molecule has 0 unspecified atom stereocenters. The van der Waals surface area contributed by atoms with E-state index in [0.717, 1.165) is 10.6 Å². The molecule has 1 amide bonds. The lowest BCUT2D eigenvalue weighted by Crippen LogP contribution is -2.14. The van der Waals surface area contributed by atoms with Crippen molar-refractivity contribution in [3.8, 4) is 5.82 Å². The van der Waals surface area contributed by atoms with Gasteiger partial charge in [-0.1, -0.05) is 19.1 Å². The first kappa shape index (κ1) is 15.2. The minimum absolute atomic E-state index is 0.183. The first-order chi connectivity index (χ1) is 11.3. The van der Waals surface area contributed by atoms with Gasteiger partial charge in [-0.2, -0.15) is 0 Å². The maximum absolute atomic E-state index is 12.5. The van der Waals surface area contributed by atoms with Gasteiger partial charge in [0.25, 0.3) is 5.91 Å². The lowest BCUT2D eigenvalue weighted by atomic mass is 10.2. The first-order valence-corrected chi connectivity index (χ1v) is 8.10. The number of aromatic nitrogens is 4. The number of rotatable bonds is 5. The number of amides is 1. The van der Waals surface area contributed by atoms with Crippen LogP contribution in [0.25, 0.3) is 5.82 Å². The normalized spacial score (nSPS) is 10.5. The molecule has 0 atom stereocenters. The van der Waals surface area contributed by atoms with Crippen molar-refractivity contribution in [1.29, 1.82) is 0 Å². The molecule has 0 spiro atoms. The molecule has 2 aromatic heterocycles. The molecule has 0 saturated heterocycles. The number of nitrogens with zero attached hydrogens (tertiary/aromatic N) is 4. The van der Waals surface area contributed by atoms with Gasteiger partial charge in [-0.25, -0.2) is 15.0 Å². The Balaban J connectivity index is 1.82. The number of carbonyl (C=O) groups excluding carboxylic acids is 1. The second-order valence-electron chi connectivity index (χ2n) is 4.61. The Labute approximate surface area is 138 Å². The zero-order chi connectivity index (χ0) is 16.1. The van der Waals surface area contributed by atoms with Gasteiger partial charge in [0.15, 0.2) is 0 Å². The molecule has 6 nitrogen and oxygen atoms in total. The monoisotopic (exact) mass is 325 g/mol.